The predicted molar refractivity (Wildman–Crippen MR) is 174 cm³/mol. The summed E-state index contributed by atoms with van der Waals surface area (Å²) in [6.07, 6.45) is 12.8. The van der Waals surface area contributed by atoms with Gasteiger partial charge < -0.3 is 24.2 Å². The van der Waals surface area contributed by atoms with E-state index >= 15 is 0 Å². The number of likely N-dealkylation sites (N-methyl/N-ethyl adjacent to an activating group) is 1. The normalized spacial score (nSPS) is 20.1. The van der Waals surface area contributed by atoms with Gasteiger partial charge in [0.2, 0.25) is 0 Å². The summed E-state index contributed by atoms with van der Waals surface area (Å²) in [5.74, 6) is 1.48. The number of halogens is 1. The van der Waals surface area contributed by atoms with Crippen LogP contribution in [0.15, 0.2) is 61.4 Å². The Bertz CT molecular complexity index is 1700. The van der Waals surface area contributed by atoms with Crippen LogP contribution in [0.1, 0.15) is 67.2 Å². The van der Waals surface area contributed by atoms with Crippen LogP contribution in [-0.4, -0.2) is 85.3 Å². The minimum atomic E-state index is -0.499. The van der Waals surface area contributed by atoms with Crippen molar-refractivity contribution in [1.82, 2.24) is 34.5 Å². The van der Waals surface area contributed by atoms with Crippen molar-refractivity contribution in [2.75, 3.05) is 31.6 Å². The second-order valence-electron chi connectivity index (χ2n) is 13.1. The second kappa shape index (κ2) is 13.3. The molecule has 3 aromatic heterocycles. The van der Waals surface area contributed by atoms with Crippen LogP contribution in [0.25, 0.3) is 0 Å². The fraction of sp³-hybridized carbons (Fsp3) is 0.457. The first-order valence-electron chi connectivity index (χ1n) is 16.5. The highest BCUT2D eigenvalue weighted by Gasteiger charge is 2.39. The molecule has 246 valence electrons. The van der Waals surface area contributed by atoms with Crippen molar-refractivity contribution in [3.05, 3.63) is 84.1 Å². The number of piperidine rings is 1. The topological polar surface area (TPSA) is 102 Å². The number of nitrogens with zero attached hydrogens (tertiary/aromatic N) is 8. The number of amides is 1. The van der Waals surface area contributed by atoms with Crippen molar-refractivity contribution in [1.29, 1.82) is 0 Å². The van der Waals surface area contributed by atoms with Crippen molar-refractivity contribution in [2.24, 2.45) is 0 Å². The molecule has 0 spiro atoms. The third-order valence-electron chi connectivity index (χ3n) is 9.52. The molecular formula is C35H41FN8O3. The molecule has 1 aliphatic carbocycles. The fourth-order valence-corrected chi connectivity index (χ4v) is 6.98. The van der Waals surface area contributed by atoms with Gasteiger partial charge in [-0.15, -0.1) is 0 Å². The smallest absolute Gasteiger partial charge is 0.258 e. The molecule has 1 saturated carbocycles. The number of carbonyl (C=O) groups is 1. The van der Waals surface area contributed by atoms with E-state index in [1.807, 2.05) is 48.0 Å². The Morgan fingerprint density at radius 1 is 1.04 bits per heavy atom. The van der Waals surface area contributed by atoms with E-state index in [2.05, 4.69) is 36.9 Å². The van der Waals surface area contributed by atoms with Crippen LogP contribution in [0.5, 0.6) is 17.2 Å². The third kappa shape index (κ3) is 6.51. The average Bonchev–Trinajstić information content (AvgIpc) is 3.58. The van der Waals surface area contributed by atoms with E-state index in [9.17, 15) is 9.18 Å². The molecule has 2 fully saturated rings. The molecule has 0 N–H and O–H groups in total. The average molecular weight is 641 g/mol. The Labute approximate surface area is 274 Å². The van der Waals surface area contributed by atoms with Crippen molar-refractivity contribution >= 4 is 11.7 Å². The van der Waals surface area contributed by atoms with Gasteiger partial charge in [-0.3, -0.25) is 14.5 Å². The first kappa shape index (κ1) is 31.0. The predicted octanol–water partition coefficient (Wildman–Crippen LogP) is 5.29. The number of fused-ring (bicyclic) bond motifs is 1. The number of hydrogen-bond acceptors (Lipinski definition) is 9. The maximum atomic E-state index is 14.6. The standard InChI is InChI=1S/C35H41FN8O3/c1-23(2)44(26-18-25(19-26)43-13-4-11-40-43)35(45)28-17-24(36)5-6-31(28)47-33-20-37-22-39-34(33)42-15-8-27(9-16-42)46-32-7-12-38-30-10-14-41(3)21-29(30)32/h4-7,11-13,17,20,22-23,25-27H,8-10,14-16,18-19,21H2,1-3H3. The van der Waals surface area contributed by atoms with Gasteiger partial charge in [0.25, 0.3) is 5.91 Å². The first-order chi connectivity index (χ1) is 22.8. The molecule has 47 heavy (non-hydrogen) atoms. The molecule has 11 nitrogen and oxygen atoms in total. The van der Waals surface area contributed by atoms with E-state index in [4.69, 9.17) is 9.47 Å². The molecule has 5 heterocycles. The molecule has 2 aliphatic heterocycles. The van der Waals surface area contributed by atoms with Crippen LogP contribution >= 0.6 is 0 Å². The number of aromatic nitrogens is 5. The quantitative estimate of drug-likeness (QED) is 0.242. The van der Waals surface area contributed by atoms with Gasteiger partial charge in [-0.1, -0.05) is 0 Å². The molecule has 3 aliphatic rings. The molecule has 1 aromatic carbocycles. The number of ether oxygens (including phenoxy) is 2. The van der Waals surface area contributed by atoms with Gasteiger partial charge in [0.1, 0.15) is 29.7 Å². The summed E-state index contributed by atoms with van der Waals surface area (Å²) in [7, 11) is 2.12. The van der Waals surface area contributed by atoms with Crippen molar-refractivity contribution in [3.8, 4) is 17.2 Å². The van der Waals surface area contributed by atoms with Gasteiger partial charge in [-0.2, -0.15) is 5.10 Å². The van der Waals surface area contributed by atoms with E-state index < -0.39 is 5.82 Å². The Hall–Kier alpha value is -4.58. The lowest BCUT2D eigenvalue weighted by Gasteiger charge is -2.45. The highest BCUT2D eigenvalue weighted by molar-refractivity contribution is 5.97. The Morgan fingerprint density at radius 3 is 2.64 bits per heavy atom. The summed E-state index contributed by atoms with van der Waals surface area (Å²) in [5, 5.41) is 4.36. The lowest BCUT2D eigenvalue weighted by Crippen LogP contribution is -2.51. The Morgan fingerprint density at radius 2 is 1.87 bits per heavy atom. The fourth-order valence-electron chi connectivity index (χ4n) is 6.98. The molecule has 4 aromatic rings. The van der Waals surface area contributed by atoms with Crippen molar-refractivity contribution in [3.63, 3.8) is 0 Å². The zero-order valence-corrected chi connectivity index (χ0v) is 27.1. The number of rotatable bonds is 9. The van der Waals surface area contributed by atoms with E-state index in [1.54, 1.807) is 12.4 Å². The maximum Gasteiger partial charge on any atom is 0.258 e. The molecule has 0 unspecified atom stereocenters. The molecular weight excluding hydrogens is 599 g/mol. The molecule has 1 amide bonds. The number of anilines is 1. The largest absolute Gasteiger partial charge is 0.490 e. The van der Waals surface area contributed by atoms with Gasteiger partial charge in [0.15, 0.2) is 11.6 Å². The molecule has 0 radical (unpaired) electrons. The van der Waals surface area contributed by atoms with Crippen LogP contribution in [0, 0.1) is 5.82 Å². The molecule has 1 saturated heterocycles. The number of benzene rings is 1. The minimum absolute atomic E-state index is 0.0190. The summed E-state index contributed by atoms with van der Waals surface area (Å²) in [5.41, 5.74) is 2.49. The van der Waals surface area contributed by atoms with Crippen LogP contribution in [0.4, 0.5) is 10.2 Å². The zero-order valence-electron chi connectivity index (χ0n) is 27.1. The van der Waals surface area contributed by atoms with E-state index in [1.165, 1.54) is 30.1 Å². The number of carbonyl (C=O) groups excluding carboxylic acids is 1. The van der Waals surface area contributed by atoms with E-state index in [-0.39, 0.29) is 41.4 Å². The Balaban J connectivity index is 1.05. The number of hydrogen-bond donors (Lipinski definition) is 0. The Kier molecular flexibility index (Phi) is 8.76. The van der Waals surface area contributed by atoms with Crippen LogP contribution in [0.2, 0.25) is 0 Å². The summed E-state index contributed by atoms with van der Waals surface area (Å²) in [4.78, 5) is 33.7. The molecule has 7 rings (SSSR count). The summed E-state index contributed by atoms with van der Waals surface area (Å²) >= 11 is 0. The highest BCUT2D eigenvalue weighted by Crippen LogP contribution is 2.39. The molecule has 0 bridgehead atoms. The van der Waals surface area contributed by atoms with E-state index in [0.29, 0.717) is 24.7 Å². The van der Waals surface area contributed by atoms with Crippen LogP contribution in [-0.2, 0) is 13.0 Å². The van der Waals surface area contributed by atoms with Gasteiger partial charge in [-0.05, 0) is 64.1 Å². The van der Waals surface area contributed by atoms with Gasteiger partial charge in [-0.25, -0.2) is 14.4 Å². The van der Waals surface area contributed by atoms with Gasteiger partial charge >= 0.3 is 0 Å². The van der Waals surface area contributed by atoms with Gasteiger partial charge in [0.05, 0.1) is 17.8 Å². The van der Waals surface area contributed by atoms with Crippen LogP contribution in [0.3, 0.4) is 0 Å². The van der Waals surface area contributed by atoms with Crippen LogP contribution < -0.4 is 14.4 Å². The first-order valence-corrected chi connectivity index (χ1v) is 16.5. The summed E-state index contributed by atoms with van der Waals surface area (Å²) in [6.45, 7) is 7.23. The zero-order chi connectivity index (χ0) is 32.5. The lowest BCUT2D eigenvalue weighted by molar-refractivity contribution is 0.0351. The van der Waals surface area contributed by atoms with Crippen molar-refractivity contribution in [2.45, 2.75) is 76.7 Å². The van der Waals surface area contributed by atoms with Gasteiger partial charge in [0, 0.05) is 87.4 Å². The monoisotopic (exact) mass is 640 g/mol. The highest BCUT2D eigenvalue weighted by atomic mass is 19.1. The lowest BCUT2D eigenvalue weighted by atomic mass is 9.84. The minimum Gasteiger partial charge on any atom is -0.490 e. The van der Waals surface area contributed by atoms with E-state index in [0.717, 1.165) is 56.6 Å². The molecule has 12 heteroatoms. The molecule has 0 atom stereocenters. The second-order valence-corrected chi connectivity index (χ2v) is 13.1. The SMILES string of the molecule is CC(C)N(C(=O)c1cc(F)ccc1Oc1cncnc1N1CCC(Oc2ccnc3c2CN(C)CC3)CC1)C1CC(n2cccn2)C1. The summed E-state index contributed by atoms with van der Waals surface area (Å²) in [6, 6.07) is 8.14. The maximum absolute atomic E-state index is 14.6. The third-order valence-corrected chi connectivity index (χ3v) is 9.52. The van der Waals surface area contributed by atoms with Crippen molar-refractivity contribution < 1.29 is 18.7 Å². The number of pyridine rings is 1. The summed E-state index contributed by atoms with van der Waals surface area (Å²) < 4.78 is 29.5.